The zero-order valence-corrected chi connectivity index (χ0v) is 12.2. The van der Waals surface area contributed by atoms with Crippen molar-refractivity contribution in [2.45, 2.75) is 32.8 Å². The van der Waals surface area contributed by atoms with E-state index in [1.165, 1.54) is 0 Å². The van der Waals surface area contributed by atoms with Gasteiger partial charge >= 0.3 is 0 Å². The van der Waals surface area contributed by atoms with Crippen molar-refractivity contribution < 1.29 is 5.11 Å². The highest BCUT2D eigenvalue weighted by atomic mass is 79.9. The fraction of sp³-hybridized carbons (Fsp3) is 0.600. The van der Waals surface area contributed by atoms with Crippen LogP contribution in [-0.2, 0) is 0 Å². The molecule has 4 heteroatoms. The molecule has 1 N–H and O–H groups in total. The summed E-state index contributed by atoms with van der Waals surface area (Å²) in [5, 5.41) is 10.1. The van der Waals surface area contributed by atoms with Crippen LogP contribution in [0.5, 0.6) is 0 Å². The van der Waals surface area contributed by atoms with Crippen molar-refractivity contribution in [3.8, 4) is 0 Å². The molecule has 1 unspecified atom stereocenters. The first-order valence-corrected chi connectivity index (χ1v) is 7.13. The normalized spacial score (nSPS) is 13.6. The van der Waals surface area contributed by atoms with Gasteiger partial charge in [-0.1, -0.05) is 26.7 Å². The standard InChI is InChI=1S/C10H14Br2OS/c1-3-6(4-2)9(13)7-5-8(11)14-10(7)12/h5-6,9,13H,3-4H2,1-2H3. The van der Waals surface area contributed by atoms with Gasteiger partial charge in [0.25, 0.3) is 0 Å². The Morgan fingerprint density at radius 3 is 2.29 bits per heavy atom. The molecule has 0 amide bonds. The highest BCUT2D eigenvalue weighted by Gasteiger charge is 2.21. The van der Waals surface area contributed by atoms with Crippen LogP contribution in [0.15, 0.2) is 13.6 Å². The summed E-state index contributed by atoms with van der Waals surface area (Å²) in [7, 11) is 0. The quantitative estimate of drug-likeness (QED) is 0.838. The van der Waals surface area contributed by atoms with Crippen LogP contribution < -0.4 is 0 Å². The van der Waals surface area contributed by atoms with E-state index in [0.717, 1.165) is 26.0 Å². The molecule has 80 valence electrons. The zero-order chi connectivity index (χ0) is 10.7. The molecule has 1 atom stereocenters. The predicted octanol–water partition coefficient (Wildman–Crippen LogP) is 4.74. The molecule has 0 aliphatic heterocycles. The van der Waals surface area contributed by atoms with Gasteiger partial charge in [0.15, 0.2) is 0 Å². The van der Waals surface area contributed by atoms with Crippen molar-refractivity contribution in [3.05, 3.63) is 19.2 Å². The van der Waals surface area contributed by atoms with Crippen LogP contribution in [0.2, 0.25) is 0 Å². The maximum Gasteiger partial charge on any atom is 0.0837 e. The highest BCUT2D eigenvalue weighted by molar-refractivity contribution is 9.12. The minimum atomic E-state index is -0.345. The third-order valence-corrected chi connectivity index (χ3v) is 4.88. The SMILES string of the molecule is CCC(CC)C(O)c1cc(Br)sc1Br. The van der Waals surface area contributed by atoms with Gasteiger partial charge in [-0.25, -0.2) is 0 Å². The van der Waals surface area contributed by atoms with Crippen molar-refractivity contribution in [1.29, 1.82) is 0 Å². The number of hydrogen-bond acceptors (Lipinski definition) is 2. The maximum atomic E-state index is 10.1. The Bertz CT molecular complexity index is 294. The number of aliphatic hydroxyl groups excluding tert-OH is 1. The van der Waals surface area contributed by atoms with Gasteiger partial charge < -0.3 is 5.11 Å². The summed E-state index contributed by atoms with van der Waals surface area (Å²) in [5.74, 6) is 0.354. The Balaban J connectivity index is 2.87. The van der Waals surface area contributed by atoms with E-state index < -0.39 is 0 Å². The van der Waals surface area contributed by atoms with Gasteiger partial charge in [0, 0.05) is 5.56 Å². The average molecular weight is 342 g/mol. The van der Waals surface area contributed by atoms with Crippen LogP contribution in [0.25, 0.3) is 0 Å². The first kappa shape index (κ1) is 12.7. The summed E-state index contributed by atoms with van der Waals surface area (Å²) in [6.07, 6.45) is 1.68. The van der Waals surface area contributed by atoms with E-state index in [1.807, 2.05) is 6.07 Å². The van der Waals surface area contributed by atoms with Gasteiger partial charge in [-0.2, -0.15) is 0 Å². The lowest BCUT2D eigenvalue weighted by Gasteiger charge is -2.19. The Kier molecular flexibility index (Phi) is 5.11. The van der Waals surface area contributed by atoms with Crippen molar-refractivity contribution in [2.75, 3.05) is 0 Å². The molecule has 1 heterocycles. The fourth-order valence-electron chi connectivity index (χ4n) is 1.54. The third-order valence-electron chi connectivity index (χ3n) is 2.50. The molecule has 0 aliphatic rings. The predicted molar refractivity (Wildman–Crippen MR) is 68.8 cm³/mol. The Hall–Kier alpha value is 0.620. The van der Waals surface area contributed by atoms with Gasteiger partial charge in [0.1, 0.15) is 0 Å². The highest BCUT2D eigenvalue weighted by Crippen LogP contribution is 2.39. The molecular formula is C10H14Br2OS. The molecule has 0 bridgehead atoms. The van der Waals surface area contributed by atoms with Gasteiger partial charge in [0.2, 0.25) is 0 Å². The molecule has 0 saturated heterocycles. The summed E-state index contributed by atoms with van der Waals surface area (Å²) < 4.78 is 2.09. The Morgan fingerprint density at radius 1 is 1.36 bits per heavy atom. The monoisotopic (exact) mass is 340 g/mol. The molecule has 0 fully saturated rings. The topological polar surface area (TPSA) is 20.2 Å². The van der Waals surface area contributed by atoms with E-state index in [9.17, 15) is 5.11 Å². The molecule has 1 nitrogen and oxygen atoms in total. The van der Waals surface area contributed by atoms with E-state index in [4.69, 9.17) is 0 Å². The molecule has 1 aromatic rings. The molecule has 14 heavy (non-hydrogen) atoms. The van der Waals surface area contributed by atoms with E-state index in [-0.39, 0.29) is 6.10 Å². The van der Waals surface area contributed by atoms with Crippen LogP contribution in [0.1, 0.15) is 38.4 Å². The summed E-state index contributed by atoms with van der Waals surface area (Å²) in [6, 6.07) is 2.00. The minimum absolute atomic E-state index is 0.345. The first-order valence-electron chi connectivity index (χ1n) is 4.72. The Morgan fingerprint density at radius 2 is 1.93 bits per heavy atom. The first-order chi connectivity index (χ1) is 6.60. The smallest absolute Gasteiger partial charge is 0.0837 e. The summed E-state index contributed by atoms with van der Waals surface area (Å²) in [6.45, 7) is 4.24. The maximum absolute atomic E-state index is 10.1. The largest absolute Gasteiger partial charge is 0.388 e. The second-order valence-corrected chi connectivity index (χ2v) is 7.05. The van der Waals surface area contributed by atoms with Crippen molar-refractivity contribution in [2.24, 2.45) is 5.92 Å². The van der Waals surface area contributed by atoms with Crippen LogP contribution in [0, 0.1) is 5.92 Å². The number of halogens is 2. The molecule has 0 saturated carbocycles. The molecule has 1 aromatic heterocycles. The van der Waals surface area contributed by atoms with Crippen molar-refractivity contribution >= 4 is 43.2 Å². The van der Waals surface area contributed by atoms with Gasteiger partial charge in [-0.3, -0.25) is 0 Å². The van der Waals surface area contributed by atoms with E-state index in [2.05, 4.69) is 45.7 Å². The van der Waals surface area contributed by atoms with Gasteiger partial charge in [0.05, 0.1) is 13.7 Å². The molecular weight excluding hydrogens is 328 g/mol. The van der Waals surface area contributed by atoms with Crippen LogP contribution in [0.3, 0.4) is 0 Å². The van der Waals surface area contributed by atoms with Crippen molar-refractivity contribution in [3.63, 3.8) is 0 Å². The number of hydrogen-bond donors (Lipinski definition) is 1. The summed E-state index contributed by atoms with van der Waals surface area (Å²) >= 11 is 8.50. The minimum Gasteiger partial charge on any atom is -0.388 e. The fourth-order valence-corrected chi connectivity index (χ4v) is 4.45. The van der Waals surface area contributed by atoms with E-state index in [1.54, 1.807) is 11.3 Å². The number of thiophene rings is 1. The van der Waals surface area contributed by atoms with Crippen LogP contribution in [0.4, 0.5) is 0 Å². The molecule has 0 aromatic carbocycles. The summed E-state index contributed by atoms with van der Waals surface area (Å²) in [4.78, 5) is 0. The Labute approximate surface area is 106 Å². The number of aliphatic hydroxyl groups is 1. The van der Waals surface area contributed by atoms with E-state index >= 15 is 0 Å². The molecule has 0 aliphatic carbocycles. The van der Waals surface area contributed by atoms with E-state index in [0.29, 0.717) is 5.92 Å². The van der Waals surface area contributed by atoms with Crippen LogP contribution >= 0.6 is 43.2 Å². The lowest BCUT2D eigenvalue weighted by Crippen LogP contribution is -2.10. The number of rotatable bonds is 4. The van der Waals surface area contributed by atoms with Crippen molar-refractivity contribution in [1.82, 2.24) is 0 Å². The van der Waals surface area contributed by atoms with Crippen LogP contribution in [-0.4, -0.2) is 5.11 Å². The van der Waals surface area contributed by atoms with Gasteiger partial charge in [-0.15, -0.1) is 11.3 Å². The molecule has 0 spiro atoms. The molecule has 0 radical (unpaired) electrons. The second-order valence-electron chi connectivity index (χ2n) is 3.30. The molecule has 1 rings (SSSR count). The zero-order valence-electron chi connectivity index (χ0n) is 8.26. The lowest BCUT2D eigenvalue weighted by molar-refractivity contribution is 0.103. The third kappa shape index (κ3) is 2.81. The average Bonchev–Trinajstić information content (AvgIpc) is 2.47. The summed E-state index contributed by atoms with van der Waals surface area (Å²) in [5.41, 5.74) is 1.01. The second kappa shape index (κ2) is 5.64. The van der Waals surface area contributed by atoms with Gasteiger partial charge in [-0.05, 0) is 43.8 Å². The lowest BCUT2D eigenvalue weighted by atomic mass is 9.93.